The first kappa shape index (κ1) is 21.8. The molecular formula is C21H24ClN5O3S. The third kappa shape index (κ3) is 4.59. The zero-order valence-corrected chi connectivity index (χ0v) is 18.9. The summed E-state index contributed by atoms with van der Waals surface area (Å²) in [6.07, 6.45) is 0. The number of aromatic nitrogens is 2. The molecule has 8 nitrogen and oxygen atoms in total. The number of halogens is 1. The van der Waals surface area contributed by atoms with Crippen LogP contribution in [-0.4, -0.2) is 65.8 Å². The Morgan fingerprint density at radius 2 is 1.77 bits per heavy atom. The molecule has 2 aromatic carbocycles. The second-order valence-corrected chi connectivity index (χ2v) is 10.0. The average Bonchev–Trinajstić information content (AvgIpc) is 3.03. The molecule has 1 fully saturated rings. The van der Waals surface area contributed by atoms with Crippen molar-refractivity contribution in [3.8, 4) is 0 Å². The molecule has 1 aromatic heterocycles. The Labute approximate surface area is 186 Å². The molecule has 0 unspecified atom stereocenters. The van der Waals surface area contributed by atoms with Crippen molar-refractivity contribution in [2.24, 2.45) is 7.05 Å². The highest BCUT2D eigenvalue weighted by atomic mass is 35.5. The fraction of sp³-hybridized carbons (Fsp3) is 0.333. The molecule has 10 heteroatoms. The molecule has 0 radical (unpaired) electrons. The van der Waals surface area contributed by atoms with E-state index >= 15 is 0 Å². The highest BCUT2D eigenvalue weighted by Crippen LogP contribution is 2.22. The van der Waals surface area contributed by atoms with Crippen molar-refractivity contribution in [1.82, 2.24) is 18.8 Å². The molecule has 31 heavy (non-hydrogen) atoms. The Kier molecular flexibility index (Phi) is 6.02. The maximum atomic E-state index is 12.8. The van der Waals surface area contributed by atoms with Crippen LogP contribution in [0, 0.1) is 6.92 Å². The lowest BCUT2D eigenvalue weighted by atomic mass is 10.2. The van der Waals surface area contributed by atoms with E-state index < -0.39 is 10.0 Å². The van der Waals surface area contributed by atoms with Gasteiger partial charge in [0.2, 0.25) is 21.9 Å². The van der Waals surface area contributed by atoms with Gasteiger partial charge in [-0.25, -0.2) is 13.4 Å². The van der Waals surface area contributed by atoms with Crippen LogP contribution in [0.3, 0.4) is 0 Å². The predicted octanol–water partition coefficient (Wildman–Crippen LogP) is 2.48. The van der Waals surface area contributed by atoms with Gasteiger partial charge in [0.1, 0.15) is 0 Å². The normalized spacial score (nSPS) is 16.0. The summed E-state index contributed by atoms with van der Waals surface area (Å²) >= 11 is 6.01. The molecule has 0 aliphatic carbocycles. The third-order valence-electron chi connectivity index (χ3n) is 5.45. The van der Waals surface area contributed by atoms with Crippen LogP contribution in [0.5, 0.6) is 0 Å². The van der Waals surface area contributed by atoms with Crippen molar-refractivity contribution in [3.05, 3.63) is 53.1 Å². The number of carbonyl (C=O) groups excluding carboxylic acids is 1. The first-order chi connectivity index (χ1) is 14.7. The summed E-state index contributed by atoms with van der Waals surface area (Å²) in [7, 11) is -1.69. The van der Waals surface area contributed by atoms with Crippen molar-refractivity contribution >= 4 is 44.5 Å². The molecule has 3 aromatic rings. The van der Waals surface area contributed by atoms with Crippen LogP contribution < -0.4 is 5.32 Å². The fourth-order valence-electron chi connectivity index (χ4n) is 3.64. The van der Waals surface area contributed by atoms with Gasteiger partial charge in [0.15, 0.2) is 0 Å². The molecule has 1 saturated heterocycles. The minimum absolute atomic E-state index is 0.169. The summed E-state index contributed by atoms with van der Waals surface area (Å²) in [5.74, 6) is 0.252. The van der Waals surface area contributed by atoms with E-state index in [0.717, 1.165) is 11.1 Å². The van der Waals surface area contributed by atoms with Gasteiger partial charge in [0.25, 0.3) is 0 Å². The predicted molar refractivity (Wildman–Crippen MR) is 121 cm³/mol. The lowest BCUT2D eigenvalue weighted by Crippen LogP contribution is -2.50. The van der Waals surface area contributed by atoms with Gasteiger partial charge in [-0.2, -0.15) is 4.31 Å². The number of benzene rings is 2. The Hall–Kier alpha value is -2.46. The summed E-state index contributed by atoms with van der Waals surface area (Å²) in [5, 5.41) is 3.42. The Balaban J connectivity index is 1.35. The minimum atomic E-state index is -3.52. The molecule has 2 heterocycles. The first-order valence-electron chi connectivity index (χ1n) is 9.95. The summed E-state index contributed by atoms with van der Waals surface area (Å²) in [6.45, 7) is 3.74. The van der Waals surface area contributed by atoms with Gasteiger partial charge in [0.05, 0.1) is 22.5 Å². The van der Waals surface area contributed by atoms with E-state index in [2.05, 4.69) is 10.3 Å². The number of rotatable bonds is 5. The highest BCUT2D eigenvalue weighted by Gasteiger charge is 2.29. The Morgan fingerprint density at radius 1 is 1.10 bits per heavy atom. The molecule has 0 atom stereocenters. The van der Waals surface area contributed by atoms with Crippen LogP contribution >= 0.6 is 11.6 Å². The van der Waals surface area contributed by atoms with Crippen LogP contribution in [0.1, 0.15) is 5.56 Å². The largest absolute Gasteiger partial charge is 0.313 e. The standard InChI is InChI=1S/C21H24ClN5O3S/c1-15-3-6-17(7-4-15)31(29,30)27-11-9-26(10-12-27)14-20(28)24-21-23-18-13-16(22)5-8-19(18)25(21)2/h3-8,13H,9-12,14H2,1-2H3,(H,23,24,28). The molecule has 1 N–H and O–H groups in total. The van der Waals surface area contributed by atoms with Gasteiger partial charge in [-0.05, 0) is 37.3 Å². The number of aryl methyl sites for hydroxylation is 2. The lowest BCUT2D eigenvalue weighted by Gasteiger charge is -2.33. The van der Waals surface area contributed by atoms with Gasteiger partial charge in [0, 0.05) is 38.2 Å². The molecule has 1 amide bonds. The first-order valence-corrected chi connectivity index (χ1v) is 11.8. The number of imidazole rings is 1. The van der Waals surface area contributed by atoms with E-state index in [1.807, 2.05) is 24.9 Å². The summed E-state index contributed by atoms with van der Waals surface area (Å²) < 4.78 is 28.9. The van der Waals surface area contributed by atoms with Crippen molar-refractivity contribution in [2.75, 3.05) is 38.0 Å². The lowest BCUT2D eigenvalue weighted by molar-refractivity contribution is -0.117. The SMILES string of the molecule is Cc1ccc(S(=O)(=O)N2CCN(CC(=O)Nc3nc4cc(Cl)ccc4n3C)CC2)cc1. The molecular weight excluding hydrogens is 438 g/mol. The Morgan fingerprint density at radius 3 is 2.45 bits per heavy atom. The van der Waals surface area contributed by atoms with E-state index in [-0.39, 0.29) is 12.5 Å². The van der Waals surface area contributed by atoms with Crippen molar-refractivity contribution in [2.45, 2.75) is 11.8 Å². The number of piperazine rings is 1. The van der Waals surface area contributed by atoms with Crippen LogP contribution in [0.15, 0.2) is 47.4 Å². The number of anilines is 1. The second kappa shape index (κ2) is 8.58. The number of nitrogens with one attached hydrogen (secondary N) is 1. The van der Waals surface area contributed by atoms with Crippen LogP contribution in [-0.2, 0) is 21.9 Å². The molecule has 1 aliphatic heterocycles. The van der Waals surface area contributed by atoms with Crippen LogP contribution in [0.4, 0.5) is 5.95 Å². The van der Waals surface area contributed by atoms with E-state index in [1.54, 1.807) is 41.0 Å². The number of nitrogens with zero attached hydrogens (tertiary/aromatic N) is 4. The quantitative estimate of drug-likeness (QED) is 0.630. The maximum absolute atomic E-state index is 12.8. The summed E-state index contributed by atoms with van der Waals surface area (Å²) in [6, 6.07) is 12.2. The van der Waals surface area contributed by atoms with E-state index in [9.17, 15) is 13.2 Å². The third-order valence-corrected chi connectivity index (χ3v) is 7.60. The van der Waals surface area contributed by atoms with Gasteiger partial charge in [-0.3, -0.25) is 15.0 Å². The molecule has 0 bridgehead atoms. The van der Waals surface area contributed by atoms with Crippen molar-refractivity contribution < 1.29 is 13.2 Å². The number of sulfonamides is 1. The number of fused-ring (bicyclic) bond motifs is 1. The van der Waals surface area contributed by atoms with E-state index in [1.165, 1.54) is 4.31 Å². The number of amides is 1. The second-order valence-electron chi connectivity index (χ2n) is 7.67. The van der Waals surface area contributed by atoms with Gasteiger partial charge in [-0.1, -0.05) is 29.3 Å². The van der Waals surface area contributed by atoms with Crippen LogP contribution in [0.2, 0.25) is 5.02 Å². The molecule has 164 valence electrons. The minimum Gasteiger partial charge on any atom is -0.313 e. The summed E-state index contributed by atoms with van der Waals surface area (Å²) in [5.41, 5.74) is 2.59. The highest BCUT2D eigenvalue weighted by molar-refractivity contribution is 7.89. The zero-order valence-electron chi connectivity index (χ0n) is 17.4. The van der Waals surface area contributed by atoms with Crippen LogP contribution in [0.25, 0.3) is 11.0 Å². The van der Waals surface area contributed by atoms with Gasteiger partial charge < -0.3 is 4.57 Å². The maximum Gasteiger partial charge on any atom is 0.243 e. The average molecular weight is 462 g/mol. The van der Waals surface area contributed by atoms with Gasteiger partial charge >= 0.3 is 0 Å². The van der Waals surface area contributed by atoms with Crippen molar-refractivity contribution in [3.63, 3.8) is 0 Å². The van der Waals surface area contributed by atoms with E-state index in [4.69, 9.17) is 11.6 Å². The number of hydrogen-bond acceptors (Lipinski definition) is 5. The topological polar surface area (TPSA) is 87.5 Å². The molecule has 0 spiro atoms. The van der Waals surface area contributed by atoms with Gasteiger partial charge in [-0.15, -0.1) is 0 Å². The molecule has 0 saturated carbocycles. The van der Waals surface area contributed by atoms with E-state index in [0.29, 0.717) is 47.6 Å². The number of hydrogen-bond donors (Lipinski definition) is 1. The zero-order chi connectivity index (χ0) is 22.2. The fourth-order valence-corrected chi connectivity index (χ4v) is 5.23. The monoisotopic (exact) mass is 461 g/mol. The smallest absolute Gasteiger partial charge is 0.243 e. The molecule has 4 rings (SSSR count). The summed E-state index contributed by atoms with van der Waals surface area (Å²) in [4.78, 5) is 19.2. The molecule has 1 aliphatic rings. The number of carbonyl (C=O) groups is 1. The Bertz CT molecular complexity index is 1220. The van der Waals surface area contributed by atoms with Crippen molar-refractivity contribution in [1.29, 1.82) is 0 Å².